The van der Waals surface area contributed by atoms with Gasteiger partial charge < -0.3 is 15.1 Å². The summed E-state index contributed by atoms with van der Waals surface area (Å²) in [5, 5.41) is 5.76. The number of amides is 2. The van der Waals surface area contributed by atoms with Crippen molar-refractivity contribution in [3.63, 3.8) is 0 Å². The zero-order chi connectivity index (χ0) is 17.1. The fraction of sp³-hybridized carbons (Fsp3) is 0.0556. The molecular formula is C18H14N2O4. The molecular weight excluding hydrogens is 308 g/mol. The summed E-state index contributed by atoms with van der Waals surface area (Å²) in [5.41, 5.74) is 0.419. The molecule has 0 spiro atoms. The van der Waals surface area contributed by atoms with Gasteiger partial charge in [-0.2, -0.15) is 0 Å². The number of carbonyl (C=O) groups excluding carboxylic acids is 2. The molecule has 2 amide bonds. The first-order chi connectivity index (χ1) is 11.6. The van der Waals surface area contributed by atoms with Gasteiger partial charge in [-0.1, -0.05) is 24.3 Å². The molecule has 0 fully saturated rings. The molecule has 1 aromatic heterocycles. The standard InChI is InChI=1S/C18H14N2O4/c1-19-16(21)12-6-4-7-13(9-12)20-17(22)14-10-11-5-2-3-8-15(11)24-18(14)23/h2-10H,1H3,(H,19,21)(H,20,22). The number of anilines is 1. The minimum absolute atomic E-state index is 0.0981. The van der Waals surface area contributed by atoms with Crippen LogP contribution in [-0.4, -0.2) is 18.9 Å². The predicted octanol–water partition coefficient (Wildman–Crippen LogP) is 2.40. The molecule has 0 saturated carbocycles. The van der Waals surface area contributed by atoms with Gasteiger partial charge in [-0.15, -0.1) is 0 Å². The Bertz CT molecular complexity index is 991. The first-order valence-electron chi connectivity index (χ1n) is 7.25. The number of carbonyl (C=O) groups is 2. The lowest BCUT2D eigenvalue weighted by Gasteiger charge is -2.07. The van der Waals surface area contributed by atoms with Crippen molar-refractivity contribution in [2.45, 2.75) is 0 Å². The molecule has 1 heterocycles. The summed E-state index contributed by atoms with van der Waals surface area (Å²) in [5.74, 6) is -0.861. The lowest BCUT2D eigenvalue weighted by molar-refractivity contribution is 0.0961. The minimum Gasteiger partial charge on any atom is -0.422 e. The Kier molecular flexibility index (Phi) is 4.11. The average molecular weight is 322 g/mol. The molecule has 2 aromatic carbocycles. The summed E-state index contributed by atoms with van der Waals surface area (Å²) in [6, 6.07) is 14.9. The SMILES string of the molecule is CNC(=O)c1cccc(NC(=O)c2cc3ccccc3oc2=O)c1. The van der Waals surface area contributed by atoms with E-state index in [1.807, 2.05) is 0 Å². The number of hydrogen-bond acceptors (Lipinski definition) is 4. The third kappa shape index (κ3) is 3.03. The van der Waals surface area contributed by atoms with Gasteiger partial charge in [0.05, 0.1) is 0 Å². The van der Waals surface area contributed by atoms with Crippen molar-refractivity contribution in [2.75, 3.05) is 12.4 Å². The predicted molar refractivity (Wildman–Crippen MR) is 90.3 cm³/mol. The molecule has 0 aliphatic rings. The van der Waals surface area contributed by atoms with Gasteiger partial charge in [-0.25, -0.2) is 4.79 Å². The maximum atomic E-state index is 12.4. The van der Waals surface area contributed by atoms with Crippen LogP contribution in [0.4, 0.5) is 5.69 Å². The maximum Gasteiger partial charge on any atom is 0.349 e. The van der Waals surface area contributed by atoms with Gasteiger partial charge in [0.25, 0.3) is 11.8 Å². The van der Waals surface area contributed by atoms with Gasteiger partial charge in [-0.05, 0) is 30.3 Å². The Morgan fingerprint density at radius 2 is 1.75 bits per heavy atom. The number of para-hydroxylation sites is 1. The average Bonchev–Trinajstić information content (AvgIpc) is 2.60. The van der Waals surface area contributed by atoms with Crippen LogP contribution in [0.2, 0.25) is 0 Å². The molecule has 120 valence electrons. The van der Waals surface area contributed by atoms with Gasteiger partial charge in [0.1, 0.15) is 11.1 Å². The van der Waals surface area contributed by atoms with Crippen molar-refractivity contribution in [3.8, 4) is 0 Å². The van der Waals surface area contributed by atoms with Crippen LogP contribution in [0, 0.1) is 0 Å². The molecule has 24 heavy (non-hydrogen) atoms. The highest BCUT2D eigenvalue weighted by Gasteiger charge is 2.14. The molecule has 0 radical (unpaired) electrons. The van der Waals surface area contributed by atoms with Crippen molar-refractivity contribution in [1.29, 1.82) is 0 Å². The molecule has 0 aliphatic heterocycles. The largest absolute Gasteiger partial charge is 0.422 e. The Morgan fingerprint density at radius 3 is 2.54 bits per heavy atom. The second kappa shape index (κ2) is 6.37. The second-order valence-electron chi connectivity index (χ2n) is 5.10. The van der Waals surface area contributed by atoms with Crippen LogP contribution in [0.3, 0.4) is 0 Å². The Morgan fingerprint density at radius 1 is 0.958 bits per heavy atom. The zero-order valence-electron chi connectivity index (χ0n) is 12.8. The number of hydrogen-bond donors (Lipinski definition) is 2. The van der Waals surface area contributed by atoms with Crippen LogP contribution in [0.1, 0.15) is 20.7 Å². The molecule has 0 unspecified atom stereocenters. The highest BCUT2D eigenvalue weighted by molar-refractivity contribution is 6.06. The summed E-state index contributed by atoms with van der Waals surface area (Å²) in [7, 11) is 1.52. The van der Waals surface area contributed by atoms with E-state index in [1.54, 1.807) is 42.5 Å². The number of nitrogens with one attached hydrogen (secondary N) is 2. The van der Waals surface area contributed by atoms with Gasteiger partial charge in [0.2, 0.25) is 0 Å². The lowest BCUT2D eigenvalue weighted by atomic mass is 10.1. The highest BCUT2D eigenvalue weighted by Crippen LogP contribution is 2.15. The van der Waals surface area contributed by atoms with Crippen LogP contribution in [0.15, 0.2) is 63.8 Å². The summed E-state index contributed by atoms with van der Waals surface area (Å²) in [6.45, 7) is 0. The van der Waals surface area contributed by atoms with Crippen molar-refractivity contribution < 1.29 is 14.0 Å². The van der Waals surface area contributed by atoms with Crippen molar-refractivity contribution in [1.82, 2.24) is 5.32 Å². The van der Waals surface area contributed by atoms with E-state index in [0.717, 1.165) is 0 Å². The van der Waals surface area contributed by atoms with Crippen LogP contribution in [-0.2, 0) is 0 Å². The van der Waals surface area contributed by atoms with E-state index in [9.17, 15) is 14.4 Å². The Labute approximate surface area is 137 Å². The van der Waals surface area contributed by atoms with E-state index in [1.165, 1.54) is 19.2 Å². The first-order valence-corrected chi connectivity index (χ1v) is 7.25. The highest BCUT2D eigenvalue weighted by atomic mass is 16.4. The Hall–Kier alpha value is -3.41. The van der Waals surface area contributed by atoms with Crippen LogP contribution >= 0.6 is 0 Å². The zero-order valence-corrected chi connectivity index (χ0v) is 12.8. The molecule has 0 atom stereocenters. The minimum atomic E-state index is -0.714. The van der Waals surface area contributed by atoms with Crippen molar-refractivity contribution >= 4 is 28.5 Å². The molecule has 6 heteroatoms. The fourth-order valence-electron chi connectivity index (χ4n) is 2.30. The lowest BCUT2D eigenvalue weighted by Crippen LogP contribution is -2.21. The molecule has 6 nitrogen and oxygen atoms in total. The van der Waals surface area contributed by atoms with E-state index < -0.39 is 11.5 Å². The number of fused-ring (bicyclic) bond motifs is 1. The third-order valence-corrected chi connectivity index (χ3v) is 3.50. The first kappa shape index (κ1) is 15.5. The van der Waals surface area contributed by atoms with Crippen LogP contribution in [0.25, 0.3) is 11.0 Å². The second-order valence-corrected chi connectivity index (χ2v) is 5.10. The fourth-order valence-corrected chi connectivity index (χ4v) is 2.30. The van der Waals surface area contributed by atoms with Gasteiger partial charge in [-0.3, -0.25) is 9.59 Å². The smallest absolute Gasteiger partial charge is 0.349 e. The molecule has 0 bridgehead atoms. The van der Waals surface area contributed by atoms with E-state index in [0.29, 0.717) is 22.2 Å². The quantitative estimate of drug-likeness (QED) is 0.725. The van der Waals surface area contributed by atoms with E-state index in [-0.39, 0.29) is 11.5 Å². The monoisotopic (exact) mass is 322 g/mol. The third-order valence-electron chi connectivity index (χ3n) is 3.50. The van der Waals surface area contributed by atoms with Gasteiger partial charge in [0.15, 0.2) is 0 Å². The normalized spacial score (nSPS) is 10.4. The molecule has 3 rings (SSSR count). The Balaban J connectivity index is 1.92. The van der Waals surface area contributed by atoms with Crippen molar-refractivity contribution in [2.24, 2.45) is 0 Å². The molecule has 0 saturated heterocycles. The summed E-state index contributed by atoms with van der Waals surface area (Å²) < 4.78 is 5.15. The van der Waals surface area contributed by atoms with Crippen LogP contribution < -0.4 is 16.3 Å². The van der Waals surface area contributed by atoms with E-state index >= 15 is 0 Å². The number of benzene rings is 2. The van der Waals surface area contributed by atoms with E-state index in [2.05, 4.69) is 10.6 Å². The maximum absolute atomic E-state index is 12.4. The summed E-state index contributed by atoms with van der Waals surface area (Å²) in [4.78, 5) is 36.0. The molecule has 3 aromatic rings. The van der Waals surface area contributed by atoms with Crippen LogP contribution in [0.5, 0.6) is 0 Å². The van der Waals surface area contributed by atoms with Gasteiger partial charge >= 0.3 is 5.63 Å². The molecule has 0 aliphatic carbocycles. The topological polar surface area (TPSA) is 88.4 Å². The van der Waals surface area contributed by atoms with Crippen molar-refractivity contribution in [3.05, 3.63) is 76.1 Å². The number of rotatable bonds is 3. The summed E-state index contributed by atoms with van der Waals surface area (Å²) in [6.07, 6.45) is 0. The summed E-state index contributed by atoms with van der Waals surface area (Å²) >= 11 is 0. The van der Waals surface area contributed by atoms with Gasteiger partial charge in [0, 0.05) is 23.7 Å². The molecule has 2 N–H and O–H groups in total. The van der Waals surface area contributed by atoms with E-state index in [4.69, 9.17) is 4.42 Å².